The maximum Gasteiger partial charge on any atom is 0.223 e. The zero-order valence-corrected chi connectivity index (χ0v) is 17.2. The van der Waals surface area contributed by atoms with Crippen molar-refractivity contribution in [2.75, 3.05) is 44.3 Å². The molecule has 29 heavy (non-hydrogen) atoms. The van der Waals surface area contributed by atoms with Crippen molar-refractivity contribution >= 4 is 11.7 Å². The summed E-state index contributed by atoms with van der Waals surface area (Å²) in [4.78, 5) is 21.7. The molecule has 4 rings (SSSR count). The van der Waals surface area contributed by atoms with Gasteiger partial charge in [-0.25, -0.2) is 4.98 Å². The normalized spacial score (nSPS) is 17.3. The van der Waals surface area contributed by atoms with E-state index in [-0.39, 0.29) is 11.8 Å². The summed E-state index contributed by atoms with van der Waals surface area (Å²) in [6.07, 6.45) is 2.33. The molecule has 1 atom stereocenters. The minimum absolute atomic E-state index is 0.159. The van der Waals surface area contributed by atoms with E-state index in [4.69, 9.17) is 9.47 Å². The number of pyridine rings is 1. The number of aromatic nitrogens is 1. The van der Waals surface area contributed by atoms with Crippen LogP contribution in [0.2, 0.25) is 0 Å². The fourth-order valence-electron chi connectivity index (χ4n) is 4.07. The highest BCUT2D eigenvalue weighted by atomic mass is 16.6. The summed E-state index contributed by atoms with van der Waals surface area (Å²) in [5, 5.41) is 0. The highest BCUT2D eigenvalue weighted by molar-refractivity contribution is 5.77. The van der Waals surface area contributed by atoms with Crippen molar-refractivity contribution in [3.8, 4) is 11.5 Å². The second kappa shape index (κ2) is 8.72. The zero-order valence-electron chi connectivity index (χ0n) is 17.2. The molecule has 0 N–H and O–H groups in total. The number of hydrogen-bond donors (Lipinski definition) is 0. The van der Waals surface area contributed by atoms with Crippen LogP contribution in [0.1, 0.15) is 31.7 Å². The highest BCUT2D eigenvalue weighted by Crippen LogP contribution is 2.36. The van der Waals surface area contributed by atoms with Gasteiger partial charge in [-0.1, -0.05) is 26.0 Å². The number of benzene rings is 1. The predicted molar refractivity (Wildman–Crippen MR) is 113 cm³/mol. The van der Waals surface area contributed by atoms with E-state index < -0.39 is 0 Å². The molecule has 1 unspecified atom stereocenters. The molecule has 154 valence electrons. The summed E-state index contributed by atoms with van der Waals surface area (Å²) in [5.74, 6) is 3.30. The van der Waals surface area contributed by atoms with E-state index in [0.717, 1.165) is 49.1 Å². The lowest BCUT2D eigenvalue weighted by atomic mass is 9.85. The molecule has 0 bridgehead atoms. The Kier molecular flexibility index (Phi) is 5.88. The van der Waals surface area contributed by atoms with Gasteiger partial charge in [0.05, 0.1) is 0 Å². The number of piperazine rings is 1. The molecule has 0 spiro atoms. The van der Waals surface area contributed by atoms with Gasteiger partial charge in [-0.2, -0.15) is 0 Å². The van der Waals surface area contributed by atoms with Gasteiger partial charge in [0.15, 0.2) is 11.5 Å². The number of amides is 1. The van der Waals surface area contributed by atoms with Crippen LogP contribution < -0.4 is 14.4 Å². The lowest BCUT2D eigenvalue weighted by molar-refractivity contribution is -0.132. The number of carbonyl (C=O) groups is 1. The third-order valence-corrected chi connectivity index (χ3v) is 5.80. The topological polar surface area (TPSA) is 54.9 Å². The second-order valence-electron chi connectivity index (χ2n) is 8.01. The average Bonchev–Trinajstić information content (AvgIpc) is 2.77. The van der Waals surface area contributed by atoms with Gasteiger partial charge in [0.1, 0.15) is 19.0 Å². The Labute approximate surface area is 172 Å². The summed E-state index contributed by atoms with van der Waals surface area (Å²) in [5.41, 5.74) is 1.14. The van der Waals surface area contributed by atoms with Gasteiger partial charge in [0, 0.05) is 38.8 Å². The molecule has 2 aliphatic rings. The lowest BCUT2D eigenvalue weighted by Crippen LogP contribution is -2.49. The van der Waals surface area contributed by atoms with Gasteiger partial charge >= 0.3 is 0 Å². The number of hydrogen-bond acceptors (Lipinski definition) is 5. The summed E-state index contributed by atoms with van der Waals surface area (Å²) < 4.78 is 11.4. The largest absolute Gasteiger partial charge is 0.486 e. The van der Waals surface area contributed by atoms with Crippen LogP contribution in [0.5, 0.6) is 11.5 Å². The molecule has 1 fully saturated rings. The Balaban J connectivity index is 1.39. The molecular weight excluding hydrogens is 366 g/mol. The van der Waals surface area contributed by atoms with E-state index in [1.54, 1.807) is 0 Å². The van der Waals surface area contributed by atoms with Crippen LogP contribution in [-0.2, 0) is 4.79 Å². The molecule has 1 amide bonds. The standard InChI is InChI=1S/C23H29N3O3/c1-17(2)19(18-6-7-20-21(15-18)29-14-13-28-20)16-23(27)26-11-9-25(10-12-26)22-5-3-4-8-24-22/h3-8,15,17,19H,9-14,16H2,1-2H3. The summed E-state index contributed by atoms with van der Waals surface area (Å²) in [6.45, 7) is 8.62. The fourth-order valence-corrected chi connectivity index (χ4v) is 4.07. The van der Waals surface area contributed by atoms with E-state index >= 15 is 0 Å². The Morgan fingerprint density at radius 2 is 1.79 bits per heavy atom. The van der Waals surface area contributed by atoms with Crippen LogP contribution >= 0.6 is 0 Å². The van der Waals surface area contributed by atoms with Gasteiger partial charge in [-0.15, -0.1) is 0 Å². The maximum absolute atomic E-state index is 13.1. The zero-order chi connectivity index (χ0) is 20.2. The van der Waals surface area contributed by atoms with E-state index in [2.05, 4.69) is 29.8 Å². The quantitative estimate of drug-likeness (QED) is 0.777. The summed E-state index contributed by atoms with van der Waals surface area (Å²) in [7, 11) is 0. The second-order valence-corrected chi connectivity index (χ2v) is 8.01. The number of ether oxygens (including phenoxy) is 2. The van der Waals surface area contributed by atoms with Crippen LogP contribution in [0, 0.1) is 5.92 Å². The predicted octanol–water partition coefficient (Wildman–Crippen LogP) is 3.33. The first-order valence-electron chi connectivity index (χ1n) is 10.4. The van der Waals surface area contributed by atoms with Crippen molar-refractivity contribution in [2.24, 2.45) is 5.92 Å². The number of carbonyl (C=O) groups excluding carboxylic acids is 1. The van der Waals surface area contributed by atoms with Crippen LogP contribution in [-0.4, -0.2) is 55.2 Å². The van der Waals surface area contributed by atoms with Crippen molar-refractivity contribution in [1.29, 1.82) is 0 Å². The third-order valence-electron chi connectivity index (χ3n) is 5.80. The minimum atomic E-state index is 0.159. The van der Waals surface area contributed by atoms with Gasteiger partial charge in [0.25, 0.3) is 0 Å². The molecule has 3 heterocycles. The fraction of sp³-hybridized carbons (Fsp3) is 0.478. The van der Waals surface area contributed by atoms with Crippen LogP contribution in [0.15, 0.2) is 42.6 Å². The Hall–Kier alpha value is -2.76. The number of rotatable bonds is 5. The van der Waals surface area contributed by atoms with E-state index in [9.17, 15) is 4.79 Å². The molecule has 2 aliphatic heterocycles. The highest BCUT2D eigenvalue weighted by Gasteiger charge is 2.27. The van der Waals surface area contributed by atoms with Gasteiger partial charge in [-0.05, 0) is 41.7 Å². The molecule has 1 saturated heterocycles. The lowest BCUT2D eigenvalue weighted by Gasteiger charge is -2.36. The Morgan fingerprint density at radius 1 is 1.03 bits per heavy atom. The van der Waals surface area contributed by atoms with E-state index in [1.165, 1.54) is 0 Å². The molecular formula is C23H29N3O3. The smallest absolute Gasteiger partial charge is 0.223 e. The van der Waals surface area contributed by atoms with Crippen molar-refractivity contribution in [3.05, 3.63) is 48.2 Å². The molecule has 6 nitrogen and oxygen atoms in total. The van der Waals surface area contributed by atoms with Gasteiger partial charge < -0.3 is 19.3 Å². The van der Waals surface area contributed by atoms with Crippen LogP contribution in [0.3, 0.4) is 0 Å². The van der Waals surface area contributed by atoms with Crippen molar-refractivity contribution in [1.82, 2.24) is 9.88 Å². The van der Waals surface area contributed by atoms with Crippen LogP contribution in [0.4, 0.5) is 5.82 Å². The average molecular weight is 396 g/mol. The van der Waals surface area contributed by atoms with Crippen molar-refractivity contribution < 1.29 is 14.3 Å². The molecule has 0 saturated carbocycles. The van der Waals surface area contributed by atoms with Gasteiger partial charge in [-0.3, -0.25) is 4.79 Å². The Bertz CT molecular complexity index is 833. The first-order chi connectivity index (χ1) is 14.1. The first kappa shape index (κ1) is 19.6. The van der Waals surface area contributed by atoms with Crippen LogP contribution in [0.25, 0.3) is 0 Å². The number of nitrogens with zero attached hydrogens (tertiary/aromatic N) is 3. The first-order valence-corrected chi connectivity index (χ1v) is 10.4. The van der Waals surface area contributed by atoms with Crippen molar-refractivity contribution in [3.63, 3.8) is 0 Å². The molecule has 0 aliphatic carbocycles. The monoisotopic (exact) mass is 395 g/mol. The van der Waals surface area contributed by atoms with Crippen molar-refractivity contribution in [2.45, 2.75) is 26.2 Å². The molecule has 2 aromatic rings. The van der Waals surface area contributed by atoms with E-state index in [1.807, 2.05) is 41.4 Å². The maximum atomic E-state index is 13.1. The molecule has 1 aromatic carbocycles. The number of anilines is 1. The summed E-state index contributed by atoms with van der Waals surface area (Å²) in [6, 6.07) is 12.0. The third kappa shape index (κ3) is 4.47. The summed E-state index contributed by atoms with van der Waals surface area (Å²) >= 11 is 0. The molecule has 0 radical (unpaired) electrons. The minimum Gasteiger partial charge on any atom is -0.486 e. The van der Waals surface area contributed by atoms with Gasteiger partial charge in [0.2, 0.25) is 5.91 Å². The molecule has 1 aromatic heterocycles. The van der Waals surface area contributed by atoms with E-state index in [0.29, 0.717) is 25.6 Å². The number of fused-ring (bicyclic) bond motifs is 1. The Morgan fingerprint density at radius 3 is 2.48 bits per heavy atom. The molecule has 6 heteroatoms. The SMILES string of the molecule is CC(C)C(CC(=O)N1CCN(c2ccccn2)CC1)c1ccc2c(c1)OCCO2.